The van der Waals surface area contributed by atoms with Crippen LogP contribution in [0.4, 0.5) is 0 Å². The second kappa shape index (κ2) is 6.03. The Kier molecular flexibility index (Phi) is 4.60. The van der Waals surface area contributed by atoms with Crippen molar-refractivity contribution in [1.29, 1.82) is 0 Å². The first-order valence-corrected chi connectivity index (χ1v) is 8.23. The summed E-state index contributed by atoms with van der Waals surface area (Å²) in [6.07, 6.45) is 2.99. The van der Waals surface area contributed by atoms with Gasteiger partial charge in [0.05, 0.1) is 4.90 Å². The van der Waals surface area contributed by atoms with Gasteiger partial charge in [-0.3, -0.25) is 0 Å². The Balaban J connectivity index is 2.28. The van der Waals surface area contributed by atoms with Gasteiger partial charge in [-0.2, -0.15) is 4.31 Å². The van der Waals surface area contributed by atoms with Crippen molar-refractivity contribution in [3.8, 4) is 0 Å². The van der Waals surface area contributed by atoms with E-state index in [1.54, 1.807) is 16.4 Å². The summed E-state index contributed by atoms with van der Waals surface area (Å²) < 4.78 is 27.0. The van der Waals surface area contributed by atoms with E-state index < -0.39 is 10.0 Å². The zero-order valence-corrected chi connectivity index (χ0v) is 12.4. The van der Waals surface area contributed by atoms with Crippen LogP contribution in [0.25, 0.3) is 0 Å². The quantitative estimate of drug-likeness (QED) is 0.915. The summed E-state index contributed by atoms with van der Waals surface area (Å²) in [7, 11) is -1.49. The minimum atomic E-state index is -3.36. The Morgan fingerprint density at radius 2 is 1.95 bits per heavy atom. The number of benzene rings is 1. The van der Waals surface area contributed by atoms with E-state index in [1.807, 2.05) is 26.1 Å². The molecule has 1 saturated heterocycles. The maximum Gasteiger partial charge on any atom is 0.243 e. The minimum absolute atomic E-state index is 0.0741. The molecule has 19 heavy (non-hydrogen) atoms. The first-order chi connectivity index (χ1) is 9.05. The van der Waals surface area contributed by atoms with Crippen LogP contribution in [-0.4, -0.2) is 38.9 Å². The molecule has 1 aliphatic rings. The van der Waals surface area contributed by atoms with Crippen LogP contribution in [0.5, 0.6) is 0 Å². The number of aryl methyl sites for hydroxylation is 1. The highest BCUT2D eigenvalue weighted by Crippen LogP contribution is 2.25. The molecule has 2 rings (SSSR count). The van der Waals surface area contributed by atoms with E-state index in [0.717, 1.165) is 24.8 Å². The van der Waals surface area contributed by atoms with Gasteiger partial charge in [0.15, 0.2) is 0 Å². The lowest BCUT2D eigenvalue weighted by Gasteiger charge is -2.34. The molecule has 1 unspecified atom stereocenters. The Bertz CT molecular complexity index is 509. The molecule has 1 aliphatic heterocycles. The van der Waals surface area contributed by atoms with Crippen LogP contribution >= 0.6 is 0 Å². The molecule has 106 valence electrons. The highest BCUT2D eigenvalue weighted by atomic mass is 32.2. The van der Waals surface area contributed by atoms with Crippen LogP contribution in [0, 0.1) is 6.92 Å². The van der Waals surface area contributed by atoms with Gasteiger partial charge in [0.1, 0.15) is 0 Å². The Morgan fingerprint density at radius 3 is 2.58 bits per heavy atom. The number of piperidine rings is 1. The molecule has 0 radical (unpaired) electrons. The molecule has 1 heterocycles. The van der Waals surface area contributed by atoms with Crippen LogP contribution in [0.15, 0.2) is 29.2 Å². The monoisotopic (exact) mass is 282 g/mol. The molecule has 1 fully saturated rings. The van der Waals surface area contributed by atoms with E-state index in [4.69, 9.17) is 0 Å². The molecule has 0 saturated carbocycles. The molecule has 1 atom stereocenters. The highest BCUT2D eigenvalue weighted by molar-refractivity contribution is 7.89. The van der Waals surface area contributed by atoms with Gasteiger partial charge < -0.3 is 5.32 Å². The topological polar surface area (TPSA) is 49.4 Å². The van der Waals surface area contributed by atoms with Crippen LogP contribution in [0.3, 0.4) is 0 Å². The van der Waals surface area contributed by atoms with E-state index >= 15 is 0 Å². The smallest absolute Gasteiger partial charge is 0.243 e. The van der Waals surface area contributed by atoms with Crippen molar-refractivity contribution in [3.05, 3.63) is 29.8 Å². The van der Waals surface area contributed by atoms with E-state index in [-0.39, 0.29) is 6.04 Å². The Hall–Kier alpha value is -0.910. The fourth-order valence-electron chi connectivity index (χ4n) is 2.58. The highest BCUT2D eigenvalue weighted by Gasteiger charge is 2.32. The van der Waals surface area contributed by atoms with E-state index in [1.165, 1.54) is 0 Å². The SMILES string of the molecule is CNCC1CCCCN1S(=O)(=O)c1ccc(C)cc1. The molecule has 1 aromatic rings. The van der Waals surface area contributed by atoms with Crippen molar-refractivity contribution in [3.63, 3.8) is 0 Å². The van der Waals surface area contributed by atoms with Gasteiger partial charge in [0.2, 0.25) is 10.0 Å². The Morgan fingerprint density at radius 1 is 1.26 bits per heavy atom. The van der Waals surface area contributed by atoms with Crippen LogP contribution in [0.1, 0.15) is 24.8 Å². The van der Waals surface area contributed by atoms with Crippen LogP contribution in [-0.2, 0) is 10.0 Å². The Labute approximate surface area is 115 Å². The maximum absolute atomic E-state index is 12.7. The van der Waals surface area contributed by atoms with Crippen LogP contribution in [0.2, 0.25) is 0 Å². The van der Waals surface area contributed by atoms with Crippen LogP contribution < -0.4 is 5.32 Å². The minimum Gasteiger partial charge on any atom is -0.318 e. The summed E-state index contributed by atoms with van der Waals surface area (Å²) >= 11 is 0. The molecule has 0 bridgehead atoms. The number of rotatable bonds is 4. The van der Waals surface area contributed by atoms with Crippen molar-refractivity contribution in [2.45, 2.75) is 37.1 Å². The van der Waals surface area contributed by atoms with Crippen molar-refractivity contribution >= 4 is 10.0 Å². The average molecular weight is 282 g/mol. The fourth-order valence-corrected chi connectivity index (χ4v) is 4.27. The molecule has 0 spiro atoms. The lowest BCUT2D eigenvalue weighted by atomic mass is 10.1. The molecule has 0 aliphatic carbocycles. The summed E-state index contributed by atoms with van der Waals surface area (Å²) in [5, 5.41) is 3.09. The molecule has 0 amide bonds. The number of hydrogen-bond donors (Lipinski definition) is 1. The number of likely N-dealkylation sites (N-methyl/N-ethyl adjacent to an activating group) is 1. The molecule has 4 nitrogen and oxygen atoms in total. The van der Waals surface area contributed by atoms with Crippen molar-refractivity contribution < 1.29 is 8.42 Å². The van der Waals surface area contributed by atoms with Gasteiger partial charge in [-0.25, -0.2) is 8.42 Å². The fraction of sp³-hybridized carbons (Fsp3) is 0.571. The van der Waals surface area contributed by atoms with Gasteiger partial charge in [0, 0.05) is 19.1 Å². The average Bonchev–Trinajstić information content (AvgIpc) is 2.40. The molecular formula is C14H22N2O2S. The zero-order chi connectivity index (χ0) is 13.9. The van der Waals surface area contributed by atoms with Crippen molar-refractivity contribution in [1.82, 2.24) is 9.62 Å². The summed E-state index contributed by atoms with van der Waals surface area (Å²) in [4.78, 5) is 0.404. The third-order valence-corrected chi connectivity index (χ3v) is 5.61. The summed E-state index contributed by atoms with van der Waals surface area (Å²) in [5.41, 5.74) is 1.07. The number of nitrogens with one attached hydrogen (secondary N) is 1. The molecular weight excluding hydrogens is 260 g/mol. The van der Waals surface area contributed by atoms with Gasteiger partial charge >= 0.3 is 0 Å². The van der Waals surface area contributed by atoms with Gasteiger partial charge in [0.25, 0.3) is 0 Å². The van der Waals surface area contributed by atoms with Crippen molar-refractivity contribution in [2.24, 2.45) is 0 Å². The molecule has 1 N–H and O–H groups in total. The van der Waals surface area contributed by atoms with Gasteiger partial charge in [-0.05, 0) is 38.9 Å². The second-order valence-corrected chi connectivity index (χ2v) is 7.03. The normalized spacial score (nSPS) is 21.5. The predicted molar refractivity (Wildman–Crippen MR) is 76.6 cm³/mol. The number of nitrogens with zero attached hydrogens (tertiary/aromatic N) is 1. The lowest BCUT2D eigenvalue weighted by Crippen LogP contribution is -2.47. The molecule has 1 aromatic carbocycles. The standard InChI is InChI=1S/C14H22N2O2S/c1-12-6-8-14(9-7-12)19(17,18)16-10-4-3-5-13(16)11-15-2/h6-9,13,15H,3-5,10-11H2,1-2H3. The molecule has 5 heteroatoms. The van der Waals surface area contributed by atoms with E-state index in [2.05, 4.69) is 5.32 Å². The summed E-state index contributed by atoms with van der Waals surface area (Å²) in [5.74, 6) is 0. The first-order valence-electron chi connectivity index (χ1n) is 6.79. The third-order valence-electron chi connectivity index (χ3n) is 3.64. The zero-order valence-electron chi connectivity index (χ0n) is 11.6. The van der Waals surface area contributed by atoms with E-state index in [9.17, 15) is 8.42 Å². The third kappa shape index (κ3) is 3.16. The van der Waals surface area contributed by atoms with Gasteiger partial charge in [-0.15, -0.1) is 0 Å². The lowest BCUT2D eigenvalue weighted by molar-refractivity contribution is 0.249. The van der Waals surface area contributed by atoms with Crippen molar-refractivity contribution in [2.75, 3.05) is 20.1 Å². The van der Waals surface area contributed by atoms with Gasteiger partial charge in [-0.1, -0.05) is 24.1 Å². The first kappa shape index (κ1) is 14.5. The largest absolute Gasteiger partial charge is 0.318 e. The second-order valence-electron chi connectivity index (χ2n) is 5.14. The predicted octanol–water partition coefficient (Wildman–Crippen LogP) is 1.76. The summed E-state index contributed by atoms with van der Waals surface area (Å²) in [6.45, 7) is 3.30. The number of sulfonamides is 1. The molecule has 0 aromatic heterocycles. The summed E-state index contributed by atoms with van der Waals surface area (Å²) in [6, 6.07) is 7.18. The van der Waals surface area contributed by atoms with E-state index in [0.29, 0.717) is 18.0 Å². The maximum atomic E-state index is 12.7. The number of hydrogen-bond acceptors (Lipinski definition) is 3.